The van der Waals surface area contributed by atoms with Crippen molar-refractivity contribution in [1.82, 2.24) is 9.13 Å². The molecular formula is C24H27N3O5S. The lowest BCUT2D eigenvalue weighted by Gasteiger charge is -2.31. The number of rotatable bonds is 6. The Kier molecular flexibility index (Phi) is 4.93. The van der Waals surface area contributed by atoms with Crippen LogP contribution in [0.25, 0.3) is 22.0 Å². The SMILES string of the molecule is CCn1cc2c3c(cn(C)c(=O)c31)-c1cc(CS(C)(=O)=O)ccc1N(CC1CC1)C2C(=O)O. The molecule has 0 radical (unpaired) electrons. The fourth-order valence-electron chi connectivity index (χ4n) is 5.03. The highest BCUT2D eigenvalue weighted by molar-refractivity contribution is 7.89. The quantitative estimate of drug-likeness (QED) is 0.596. The van der Waals surface area contributed by atoms with Crippen LogP contribution < -0.4 is 10.5 Å². The Balaban J connectivity index is 1.89. The highest BCUT2D eigenvalue weighted by Crippen LogP contribution is 2.47. The molecule has 5 rings (SSSR count). The summed E-state index contributed by atoms with van der Waals surface area (Å²) in [5.41, 5.74) is 3.80. The zero-order valence-electron chi connectivity index (χ0n) is 18.9. The Morgan fingerprint density at radius 2 is 1.91 bits per heavy atom. The van der Waals surface area contributed by atoms with Crippen LogP contribution in [0, 0.1) is 5.92 Å². The van der Waals surface area contributed by atoms with Gasteiger partial charge in [0.25, 0.3) is 5.56 Å². The minimum absolute atomic E-state index is 0.108. The van der Waals surface area contributed by atoms with E-state index in [1.165, 1.54) is 10.8 Å². The van der Waals surface area contributed by atoms with Gasteiger partial charge in [-0.05, 0) is 43.4 Å². The van der Waals surface area contributed by atoms with Gasteiger partial charge in [-0.15, -0.1) is 0 Å². The van der Waals surface area contributed by atoms with Crippen LogP contribution in [-0.2, 0) is 34.0 Å². The number of aromatic nitrogens is 2. The van der Waals surface area contributed by atoms with E-state index in [9.17, 15) is 23.1 Å². The Labute approximate surface area is 192 Å². The van der Waals surface area contributed by atoms with Crippen LogP contribution in [-0.4, -0.2) is 41.4 Å². The molecule has 1 N–H and O–H groups in total. The molecule has 0 amide bonds. The number of carboxylic acids is 1. The number of benzene rings is 1. The minimum Gasteiger partial charge on any atom is -0.479 e. The third kappa shape index (κ3) is 3.64. The Morgan fingerprint density at radius 1 is 1.18 bits per heavy atom. The van der Waals surface area contributed by atoms with Crippen LogP contribution in [0.5, 0.6) is 0 Å². The van der Waals surface area contributed by atoms with Gasteiger partial charge in [0, 0.05) is 66.6 Å². The summed E-state index contributed by atoms with van der Waals surface area (Å²) < 4.78 is 27.3. The molecule has 1 unspecified atom stereocenters. The van der Waals surface area contributed by atoms with Crippen LogP contribution in [0.15, 0.2) is 35.4 Å². The fourth-order valence-corrected chi connectivity index (χ4v) is 5.82. The van der Waals surface area contributed by atoms with E-state index in [0.29, 0.717) is 41.0 Å². The highest BCUT2D eigenvalue weighted by Gasteiger charge is 2.39. The highest BCUT2D eigenvalue weighted by atomic mass is 32.2. The lowest BCUT2D eigenvalue weighted by atomic mass is 9.98. The van der Waals surface area contributed by atoms with E-state index >= 15 is 0 Å². The normalized spacial score (nSPS) is 17.8. The molecule has 33 heavy (non-hydrogen) atoms. The number of hydrogen-bond donors (Lipinski definition) is 1. The number of aliphatic carboxylic acids is 1. The average Bonchev–Trinajstić information content (AvgIpc) is 3.48. The maximum absolute atomic E-state index is 13.1. The van der Waals surface area contributed by atoms with Gasteiger partial charge in [0.15, 0.2) is 15.9 Å². The third-order valence-corrected chi connectivity index (χ3v) is 7.50. The molecule has 1 aromatic carbocycles. The van der Waals surface area contributed by atoms with E-state index in [0.717, 1.165) is 29.7 Å². The number of hydrogen-bond acceptors (Lipinski definition) is 5. The summed E-state index contributed by atoms with van der Waals surface area (Å²) in [6.45, 7) is 3.06. The molecular weight excluding hydrogens is 442 g/mol. The Hall–Kier alpha value is -3.07. The molecule has 1 saturated carbocycles. The zero-order valence-corrected chi connectivity index (χ0v) is 19.7. The van der Waals surface area contributed by atoms with Gasteiger partial charge in [0.1, 0.15) is 5.52 Å². The number of fused-ring (bicyclic) bond motifs is 2. The molecule has 174 valence electrons. The maximum atomic E-state index is 13.1. The van der Waals surface area contributed by atoms with E-state index in [2.05, 4.69) is 0 Å². The van der Waals surface area contributed by atoms with Crippen LogP contribution in [0.3, 0.4) is 0 Å². The molecule has 8 nitrogen and oxygen atoms in total. The van der Waals surface area contributed by atoms with Crippen molar-refractivity contribution in [2.75, 3.05) is 17.7 Å². The topological polar surface area (TPSA) is 102 Å². The smallest absolute Gasteiger partial charge is 0.331 e. The van der Waals surface area contributed by atoms with Crippen LogP contribution in [0.1, 0.15) is 36.9 Å². The molecule has 3 heterocycles. The summed E-state index contributed by atoms with van der Waals surface area (Å²) >= 11 is 0. The number of aryl methyl sites for hydroxylation is 2. The van der Waals surface area contributed by atoms with Gasteiger partial charge in [-0.25, -0.2) is 13.2 Å². The predicted octanol–water partition coefficient (Wildman–Crippen LogP) is 2.93. The molecule has 2 aliphatic rings. The average molecular weight is 470 g/mol. The number of sulfone groups is 1. The Bertz CT molecular complexity index is 1460. The van der Waals surface area contributed by atoms with Gasteiger partial charge >= 0.3 is 5.97 Å². The van der Waals surface area contributed by atoms with Gasteiger partial charge < -0.3 is 19.1 Å². The van der Waals surface area contributed by atoms with Crippen molar-refractivity contribution in [3.05, 3.63) is 52.1 Å². The van der Waals surface area contributed by atoms with Crippen molar-refractivity contribution in [1.29, 1.82) is 0 Å². The third-order valence-electron chi connectivity index (χ3n) is 6.64. The van der Waals surface area contributed by atoms with Gasteiger partial charge in [-0.1, -0.05) is 6.07 Å². The van der Waals surface area contributed by atoms with Crippen LogP contribution in [0.2, 0.25) is 0 Å². The maximum Gasteiger partial charge on any atom is 0.331 e. The minimum atomic E-state index is -3.25. The molecule has 2 aromatic heterocycles. The largest absolute Gasteiger partial charge is 0.479 e. The van der Waals surface area contributed by atoms with Crippen LogP contribution in [0.4, 0.5) is 5.69 Å². The van der Waals surface area contributed by atoms with Crippen molar-refractivity contribution < 1.29 is 18.3 Å². The summed E-state index contributed by atoms with van der Waals surface area (Å²) in [5, 5.41) is 11.0. The monoisotopic (exact) mass is 469 g/mol. The van der Waals surface area contributed by atoms with Crippen molar-refractivity contribution in [2.45, 2.75) is 38.1 Å². The summed E-state index contributed by atoms with van der Waals surface area (Å²) in [7, 11) is -1.57. The van der Waals surface area contributed by atoms with E-state index in [1.807, 2.05) is 28.5 Å². The second-order valence-electron chi connectivity index (χ2n) is 9.31. The molecule has 3 aromatic rings. The standard InChI is InChI=1S/C24H27N3O5S/c1-4-26-12-18-20-17(11-25(2)23(28)22(20)26)16-9-15(13-33(3,31)32)7-8-19(16)27(10-14-5-6-14)21(18)24(29)30/h7-9,11-12,14,21H,4-6,10,13H2,1-3H3,(H,29,30). The zero-order chi connectivity index (χ0) is 23.7. The molecule has 1 atom stereocenters. The first-order chi connectivity index (χ1) is 15.6. The number of carbonyl (C=O) groups is 1. The van der Waals surface area contributed by atoms with E-state index in [1.54, 1.807) is 25.5 Å². The molecule has 0 spiro atoms. The van der Waals surface area contributed by atoms with Crippen LogP contribution >= 0.6 is 0 Å². The summed E-state index contributed by atoms with van der Waals surface area (Å²) in [5.74, 6) is -0.653. The number of anilines is 1. The molecule has 1 fully saturated rings. The molecule has 9 heteroatoms. The number of carboxylic acid groups (broad SMARTS) is 1. The number of nitrogens with zero attached hydrogens (tertiary/aromatic N) is 3. The molecule has 1 aliphatic carbocycles. The Morgan fingerprint density at radius 3 is 2.52 bits per heavy atom. The van der Waals surface area contributed by atoms with Crippen molar-refractivity contribution >= 4 is 32.4 Å². The van der Waals surface area contributed by atoms with Gasteiger partial charge in [0.2, 0.25) is 0 Å². The van der Waals surface area contributed by atoms with E-state index in [4.69, 9.17) is 0 Å². The van der Waals surface area contributed by atoms with Gasteiger partial charge in [-0.2, -0.15) is 0 Å². The molecule has 0 bridgehead atoms. The summed E-state index contributed by atoms with van der Waals surface area (Å²) in [4.78, 5) is 27.7. The summed E-state index contributed by atoms with van der Waals surface area (Å²) in [6.07, 6.45) is 6.86. The first-order valence-electron chi connectivity index (χ1n) is 11.1. The molecule has 0 saturated heterocycles. The van der Waals surface area contributed by atoms with Gasteiger partial charge in [0.05, 0.1) is 5.75 Å². The van der Waals surface area contributed by atoms with E-state index < -0.39 is 21.8 Å². The second kappa shape index (κ2) is 7.48. The first-order valence-corrected chi connectivity index (χ1v) is 13.2. The van der Waals surface area contributed by atoms with Crippen molar-refractivity contribution in [2.24, 2.45) is 13.0 Å². The van der Waals surface area contributed by atoms with Gasteiger partial charge in [-0.3, -0.25) is 4.79 Å². The molecule has 1 aliphatic heterocycles. The second-order valence-corrected chi connectivity index (χ2v) is 11.5. The number of pyridine rings is 1. The van der Waals surface area contributed by atoms with Crippen molar-refractivity contribution in [3.8, 4) is 11.1 Å². The lowest BCUT2D eigenvalue weighted by molar-refractivity contribution is -0.138. The predicted molar refractivity (Wildman–Crippen MR) is 127 cm³/mol. The fraction of sp³-hybridized carbons (Fsp3) is 0.417. The first kappa shape index (κ1) is 21.8. The summed E-state index contributed by atoms with van der Waals surface area (Å²) in [6, 6.07) is 4.51. The lowest BCUT2D eigenvalue weighted by Crippen LogP contribution is -2.35. The van der Waals surface area contributed by atoms with E-state index in [-0.39, 0.29) is 11.3 Å². The van der Waals surface area contributed by atoms with Crippen molar-refractivity contribution in [3.63, 3.8) is 0 Å².